The quantitative estimate of drug-likeness (QED) is 0.862. The van der Waals surface area contributed by atoms with E-state index in [1.807, 2.05) is 24.3 Å². The lowest BCUT2D eigenvalue weighted by atomic mass is 9.88. The van der Waals surface area contributed by atoms with E-state index in [1.54, 1.807) is 0 Å². The fraction of sp³-hybridized carbons (Fsp3) is 0.579. The van der Waals surface area contributed by atoms with E-state index in [2.05, 4.69) is 24.1 Å². The van der Waals surface area contributed by atoms with Crippen molar-refractivity contribution in [3.63, 3.8) is 0 Å². The van der Waals surface area contributed by atoms with Gasteiger partial charge in [-0.1, -0.05) is 45.2 Å². The van der Waals surface area contributed by atoms with Crippen LogP contribution in [0.5, 0.6) is 0 Å². The number of H-pyrrole nitrogens is 1. The molecule has 1 aliphatic carbocycles. The zero-order valence-electron chi connectivity index (χ0n) is 14.1. The summed E-state index contributed by atoms with van der Waals surface area (Å²) in [6.07, 6.45) is 6.58. The summed E-state index contributed by atoms with van der Waals surface area (Å²) >= 11 is 0. The average molecular weight is 313 g/mol. The van der Waals surface area contributed by atoms with E-state index in [4.69, 9.17) is 4.98 Å². The Hall–Kier alpha value is -1.84. The molecule has 1 atom stereocenters. The van der Waals surface area contributed by atoms with Gasteiger partial charge < -0.3 is 10.3 Å². The van der Waals surface area contributed by atoms with Crippen molar-refractivity contribution in [2.24, 2.45) is 11.8 Å². The summed E-state index contributed by atoms with van der Waals surface area (Å²) in [5.74, 6) is 1.77. The molecule has 23 heavy (non-hydrogen) atoms. The minimum Gasteiger partial charge on any atom is -0.346 e. The van der Waals surface area contributed by atoms with Gasteiger partial charge in [-0.2, -0.15) is 0 Å². The lowest BCUT2D eigenvalue weighted by Gasteiger charge is -2.25. The van der Waals surface area contributed by atoms with Gasteiger partial charge in [-0.15, -0.1) is 0 Å². The molecule has 0 spiro atoms. The fourth-order valence-electron chi connectivity index (χ4n) is 3.50. The zero-order chi connectivity index (χ0) is 16.2. The molecule has 4 nitrogen and oxygen atoms in total. The molecule has 0 bridgehead atoms. The Kier molecular flexibility index (Phi) is 4.99. The third-order valence-electron chi connectivity index (χ3n) is 4.74. The monoisotopic (exact) mass is 313 g/mol. The molecule has 1 aromatic carbocycles. The number of para-hydroxylation sites is 2. The topological polar surface area (TPSA) is 57.8 Å². The summed E-state index contributed by atoms with van der Waals surface area (Å²) in [5, 5.41) is 3.26. The smallest absolute Gasteiger partial charge is 0.223 e. The molecule has 0 radical (unpaired) electrons. The first-order valence-corrected chi connectivity index (χ1v) is 8.88. The number of carbonyl (C=O) groups excluding carboxylic acids is 1. The Bertz CT molecular complexity index is 622. The van der Waals surface area contributed by atoms with Crippen LogP contribution in [0.15, 0.2) is 24.3 Å². The third kappa shape index (κ3) is 3.92. The lowest BCUT2D eigenvalue weighted by molar-refractivity contribution is -0.126. The Labute approximate surface area is 138 Å². The predicted molar refractivity (Wildman–Crippen MR) is 93.0 cm³/mol. The molecule has 3 rings (SSSR count). The molecular weight excluding hydrogens is 286 g/mol. The van der Waals surface area contributed by atoms with Crippen LogP contribution < -0.4 is 5.32 Å². The predicted octanol–water partition coefficient (Wildman–Crippen LogP) is 4.35. The number of rotatable bonds is 5. The molecule has 4 heteroatoms. The van der Waals surface area contributed by atoms with Crippen LogP contribution in [0.3, 0.4) is 0 Å². The molecule has 2 N–H and O–H groups in total. The van der Waals surface area contributed by atoms with Gasteiger partial charge in [-0.3, -0.25) is 4.79 Å². The number of amides is 1. The molecule has 0 unspecified atom stereocenters. The van der Waals surface area contributed by atoms with E-state index < -0.39 is 0 Å². The molecule has 0 saturated heterocycles. The Morgan fingerprint density at radius 1 is 1.26 bits per heavy atom. The summed E-state index contributed by atoms with van der Waals surface area (Å²) in [6, 6.07) is 8.00. The molecule has 0 aliphatic heterocycles. The highest BCUT2D eigenvalue weighted by Crippen LogP contribution is 2.26. The van der Waals surface area contributed by atoms with Gasteiger partial charge in [0, 0.05) is 5.92 Å². The van der Waals surface area contributed by atoms with Crippen LogP contribution in [0.2, 0.25) is 0 Å². The average Bonchev–Trinajstić information content (AvgIpc) is 2.98. The summed E-state index contributed by atoms with van der Waals surface area (Å²) in [6.45, 7) is 4.37. The number of hydrogen-bond acceptors (Lipinski definition) is 2. The molecule has 1 amide bonds. The van der Waals surface area contributed by atoms with Gasteiger partial charge in [-0.05, 0) is 37.3 Å². The first-order valence-electron chi connectivity index (χ1n) is 8.88. The number of benzene rings is 1. The SMILES string of the molecule is CC(C)C[C@H](NC(=O)C1CCCCC1)c1nc2ccccc2[nH]1. The van der Waals surface area contributed by atoms with Crippen LogP contribution in [-0.4, -0.2) is 15.9 Å². The number of aromatic amines is 1. The van der Waals surface area contributed by atoms with Crippen LogP contribution >= 0.6 is 0 Å². The van der Waals surface area contributed by atoms with Crippen molar-refractivity contribution < 1.29 is 4.79 Å². The van der Waals surface area contributed by atoms with Crippen LogP contribution in [0.25, 0.3) is 11.0 Å². The highest BCUT2D eigenvalue weighted by molar-refractivity contribution is 5.79. The molecule has 1 heterocycles. The number of fused-ring (bicyclic) bond motifs is 1. The third-order valence-corrected chi connectivity index (χ3v) is 4.74. The number of nitrogens with one attached hydrogen (secondary N) is 2. The van der Waals surface area contributed by atoms with Crippen molar-refractivity contribution in [3.05, 3.63) is 30.1 Å². The van der Waals surface area contributed by atoms with E-state index >= 15 is 0 Å². The van der Waals surface area contributed by atoms with E-state index in [9.17, 15) is 4.79 Å². The van der Waals surface area contributed by atoms with Crippen molar-refractivity contribution in [2.45, 2.75) is 58.4 Å². The molecule has 1 fully saturated rings. The van der Waals surface area contributed by atoms with E-state index in [0.717, 1.165) is 36.1 Å². The van der Waals surface area contributed by atoms with Crippen molar-refractivity contribution in [1.82, 2.24) is 15.3 Å². The first-order chi connectivity index (χ1) is 11.1. The summed E-state index contributed by atoms with van der Waals surface area (Å²) in [7, 11) is 0. The normalized spacial score (nSPS) is 17.5. The van der Waals surface area contributed by atoms with Gasteiger partial charge in [0.2, 0.25) is 5.91 Å². The minimum atomic E-state index is -0.0307. The van der Waals surface area contributed by atoms with E-state index in [0.29, 0.717) is 5.92 Å². The fourth-order valence-corrected chi connectivity index (χ4v) is 3.50. The standard InChI is InChI=1S/C19H27N3O/c1-13(2)12-17(22-19(23)14-8-4-3-5-9-14)18-20-15-10-6-7-11-16(15)21-18/h6-7,10-11,13-14,17H,3-5,8-9,12H2,1-2H3,(H,20,21)(H,22,23)/t17-/m0/s1. The lowest BCUT2D eigenvalue weighted by Crippen LogP contribution is -2.36. The van der Waals surface area contributed by atoms with Gasteiger partial charge in [0.25, 0.3) is 0 Å². The maximum atomic E-state index is 12.6. The molecular formula is C19H27N3O. The molecule has 124 valence electrons. The minimum absolute atomic E-state index is 0.0307. The van der Waals surface area contributed by atoms with Gasteiger partial charge in [0.15, 0.2) is 0 Å². The molecule has 1 aromatic heterocycles. The molecule has 1 aliphatic rings. The summed E-state index contributed by atoms with van der Waals surface area (Å²) in [4.78, 5) is 20.7. The van der Waals surface area contributed by atoms with Crippen LogP contribution in [0.1, 0.15) is 64.2 Å². The number of imidazole rings is 1. The Morgan fingerprint density at radius 2 is 2.00 bits per heavy atom. The maximum absolute atomic E-state index is 12.6. The molecule has 1 saturated carbocycles. The second-order valence-corrected chi connectivity index (χ2v) is 7.16. The van der Waals surface area contributed by atoms with Gasteiger partial charge in [0.1, 0.15) is 5.82 Å². The van der Waals surface area contributed by atoms with Crippen molar-refractivity contribution in [2.75, 3.05) is 0 Å². The van der Waals surface area contributed by atoms with Crippen LogP contribution in [0.4, 0.5) is 0 Å². The Morgan fingerprint density at radius 3 is 2.70 bits per heavy atom. The van der Waals surface area contributed by atoms with Gasteiger partial charge in [-0.25, -0.2) is 4.98 Å². The number of hydrogen-bond donors (Lipinski definition) is 2. The van der Waals surface area contributed by atoms with E-state index in [1.165, 1.54) is 19.3 Å². The summed E-state index contributed by atoms with van der Waals surface area (Å²) < 4.78 is 0. The number of nitrogens with zero attached hydrogens (tertiary/aromatic N) is 1. The second kappa shape index (κ2) is 7.16. The van der Waals surface area contributed by atoms with Crippen LogP contribution in [0, 0.1) is 11.8 Å². The van der Waals surface area contributed by atoms with Gasteiger partial charge >= 0.3 is 0 Å². The Balaban J connectivity index is 1.77. The second-order valence-electron chi connectivity index (χ2n) is 7.16. The highest BCUT2D eigenvalue weighted by Gasteiger charge is 2.25. The van der Waals surface area contributed by atoms with Crippen molar-refractivity contribution in [1.29, 1.82) is 0 Å². The number of aromatic nitrogens is 2. The van der Waals surface area contributed by atoms with Crippen LogP contribution in [-0.2, 0) is 4.79 Å². The first kappa shape index (κ1) is 16.0. The summed E-state index contributed by atoms with van der Waals surface area (Å²) in [5.41, 5.74) is 1.99. The van der Waals surface area contributed by atoms with Crippen molar-refractivity contribution >= 4 is 16.9 Å². The number of carbonyl (C=O) groups is 1. The van der Waals surface area contributed by atoms with E-state index in [-0.39, 0.29) is 17.9 Å². The highest BCUT2D eigenvalue weighted by atomic mass is 16.1. The largest absolute Gasteiger partial charge is 0.346 e. The molecule has 2 aromatic rings. The van der Waals surface area contributed by atoms with Crippen molar-refractivity contribution in [3.8, 4) is 0 Å². The van der Waals surface area contributed by atoms with Gasteiger partial charge in [0.05, 0.1) is 17.1 Å². The maximum Gasteiger partial charge on any atom is 0.223 e. The zero-order valence-corrected chi connectivity index (χ0v) is 14.1.